The first-order chi connectivity index (χ1) is 9.60. The fourth-order valence-electron chi connectivity index (χ4n) is 2.07. The van der Waals surface area contributed by atoms with Crippen LogP contribution < -0.4 is 10.6 Å². The minimum absolute atomic E-state index is 0.0792. The number of hydrogen-bond donors (Lipinski definition) is 1. The maximum absolute atomic E-state index is 11.4. The fraction of sp³-hybridized carbons (Fsp3) is 0.500. The highest BCUT2D eigenvalue weighted by Crippen LogP contribution is 2.13. The average Bonchev–Trinajstić information content (AvgIpc) is 2.47. The van der Waals surface area contributed by atoms with Gasteiger partial charge in [0.2, 0.25) is 5.82 Å². The maximum atomic E-state index is 11.4. The van der Waals surface area contributed by atoms with Crippen LogP contribution in [0.25, 0.3) is 0 Å². The van der Waals surface area contributed by atoms with Crippen LogP contribution in [0.5, 0.6) is 0 Å². The van der Waals surface area contributed by atoms with Crippen molar-refractivity contribution < 1.29 is 9.53 Å². The summed E-state index contributed by atoms with van der Waals surface area (Å²) in [5.41, 5.74) is 5.54. The lowest BCUT2D eigenvalue weighted by atomic mass is 10.3. The molecule has 1 aromatic heterocycles. The van der Waals surface area contributed by atoms with Crippen molar-refractivity contribution in [3.05, 3.63) is 18.1 Å². The lowest BCUT2D eigenvalue weighted by Crippen LogP contribution is -2.48. The van der Waals surface area contributed by atoms with Gasteiger partial charge in [0, 0.05) is 38.9 Å². The molecule has 2 heterocycles. The van der Waals surface area contributed by atoms with Crippen LogP contribution in [0.2, 0.25) is 0 Å². The number of thiocarbonyl (C=S) groups is 1. The SMILES string of the molecule is COC(=O)c1nccc(N2CCN(CC(N)=S)CC2)n1. The number of nitrogens with zero attached hydrogens (tertiary/aromatic N) is 4. The smallest absolute Gasteiger partial charge is 0.376 e. The predicted octanol–water partition coefficient (Wildman–Crippen LogP) is -0.329. The van der Waals surface area contributed by atoms with Crippen molar-refractivity contribution in [2.75, 3.05) is 44.7 Å². The van der Waals surface area contributed by atoms with Crippen LogP contribution >= 0.6 is 12.2 Å². The minimum Gasteiger partial charge on any atom is -0.463 e. The lowest BCUT2D eigenvalue weighted by molar-refractivity contribution is 0.0586. The Morgan fingerprint density at radius 3 is 2.75 bits per heavy atom. The zero-order valence-corrected chi connectivity index (χ0v) is 12.1. The molecule has 0 atom stereocenters. The monoisotopic (exact) mass is 295 g/mol. The average molecular weight is 295 g/mol. The van der Waals surface area contributed by atoms with E-state index in [1.165, 1.54) is 7.11 Å². The van der Waals surface area contributed by atoms with Crippen LogP contribution in [-0.4, -0.2) is 65.7 Å². The number of nitrogens with two attached hydrogens (primary N) is 1. The Hall–Kier alpha value is -1.80. The number of aromatic nitrogens is 2. The summed E-state index contributed by atoms with van der Waals surface area (Å²) in [6, 6.07) is 1.79. The molecule has 1 fully saturated rings. The van der Waals surface area contributed by atoms with E-state index in [-0.39, 0.29) is 5.82 Å². The molecule has 0 radical (unpaired) electrons. The second-order valence-electron chi connectivity index (χ2n) is 4.46. The van der Waals surface area contributed by atoms with E-state index in [0.717, 1.165) is 32.0 Å². The van der Waals surface area contributed by atoms with Crippen LogP contribution in [0.15, 0.2) is 12.3 Å². The first-order valence-electron chi connectivity index (χ1n) is 6.27. The van der Waals surface area contributed by atoms with Gasteiger partial charge in [-0.1, -0.05) is 12.2 Å². The summed E-state index contributed by atoms with van der Waals surface area (Å²) in [6.45, 7) is 3.96. The maximum Gasteiger partial charge on any atom is 0.376 e. The third kappa shape index (κ3) is 3.61. The topological polar surface area (TPSA) is 84.6 Å². The zero-order valence-electron chi connectivity index (χ0n) is 11.3. The van der Waals surface area contributed by atoms with Gasteiger partial charge in [0.1, 0.15) is 5.82 Å². The molecule has 1 saturated heterocycles. The molecule has 7 nitrogen and oxygen atoms in total. The molecule has 0 amide bonds. The Morgan fingerprint density at radius 2 is 2.15 bits per heavy atom. The Labute approximate surface area is 122 Å². The largest absolute Gasteiger partial charge is 0.463 e. The van der Waals surface area contributed by atoms with Gasteiger partial charge in [0.15, 0.2) is 0 Å². The van der Waals surface area contributed by atoms with Gasteiger partial charge in [0.05, 0.1) is 12.1 Å². The fourth-order valence-corrected chi connectivity index (χ4v) is 2.25. The van der Waals surface area contributed by atoms with E-state index in [9.17, 15) is 4.79 Å². The molecule has 2 N–H and O–H groups in total. The highest BCUT2D eigenvalue weighted by Gasteiger charge is 2.19. The Kier molecular flexibility index (Phi) is 4.80. The van der Waals surface area contributed by atoms with Gasteiger partial charge in [-0.15, -0.1) is 0 Å². The van der Waals surface area contributed by atoms with E-state index in [1.807, 2.05) is 0 Å². The highest BCUT2D eigenvalue weighted by molar-refractivity contribution is 7.80. The van der Waals surface area contributed by atoms with Gasteiger partial charge < -0.3 is 15.4 Å². The molecule has 1 aliphatic heterocycles. The van der Waals surface area contributed by atoms with Crippen molar-refractivity contribution in [1.29, 1.82) is 0 Å². The predicted molar refractivity (Wildman–Crippen MR) is 78.8 cm³/mol. The molecule has 1 aromatic rings. The van der Waals surface area contributed by atoms with Gasteiger partial charge in [0.25, 0.3) is 0 Å². The molecule has 0 aromatic carbocycles. The minimum atomic E-state index is -0.529. The summed E-state index contributed by atoms with van der Waals surface area (Å²) in [4.78, 5) is 24.4. The molecule has 0 spiro atoms. The van der Waals surface area contributed by atoms with E-state index in [2.05, 4.69) is 24.5 Å². The van der Waals surface area contributed by atoms with E-state index >= 15 is 0 Å². The van der Waals surface area contributed by atoms with Crippen molar-refractivity contribution >= 4 is 29.0 Å². The number of piperazine rings is 1. The van der Waals surface area contributed by atoms with E-state index < -0.39 is 5.97 Å². The van der Waals surface area contributed by atoms with Gasteiger partial charge in [-0.25, -0.2) is 14.8 Å². The molecule has 2 rings (SSSR count). The molecule has 0 unspecified atom stereocenters. The van der Waals surface area contributed by atoms with Gasteiger partial charge in [-0.3, -0.25) is 4.90 Å². The van der Waals surface area contributed by atoms with E-state index in [4.69, 9.17) is 18.0 Å². The van der Waals surface area contributed by atoms with Gasteiger partial charge in [-0.05, 0) is 6.07 Å². The first kappa shape index (κ1) is 14.6. The van der Waals surface area contributed by atoms with Crippen LogP contribution in [-0.2, 0) is 4.74 Å². The zero-order chi connectivity index (χ0) is 14.5. The molecular weight excluding hydrogens is 278 g/mol. The van der Waals surface area contributed by atoms with Gasteiger partial charge in [-0.2, -0.15) is 0 Å². The highest BCUT2D eigenvalue weighted by atomic mass is 32.1. The molecule has 1 aliphatic rings. The van der Waals surface area contributed by atoms with Crippen LogP contribution in [0.4, 0.5) is 5.82 Å². The second kappa shape index (κ2) is 6.58. The summed E-state index contributed by atoms with van der Waals surface area (Å²) >= 11 is 4.91. The number of carbonyl (C=O) groups excluding carboxylic acids is 1. The first-order valence-corrected chi connectivity index (χ1v) is 6.68. The van der Waals surface area contributed by atoms with Crippen molar-refractivity contribution in [2.45, 2.75) is 0 Å². The van der Waals surface area contributed by atoms with Crippen LogP contribution in [0.3, 0.4) is 0 Å². The summed E-state index contributed by atoms with van der Waals surface area (Å²) in [5.74, 6) is 0.282. The van der Waals surface area contributed by atoms with Crippen molar-refractivity contribution in [1.82, 2.24) is 14.9 Å². The van der Waals surface area contributed by atoms with Crippen LogP contribution in [0, 0.1) is 0 Å². The van der Waals surface area contributed by atoms with Crippen molar-refractivity contribution in [3.63, 3.8) is 0 Å². The molecule has 0 saturated carbocycles. The van der Waals surface area contributed by atoms with Crippen molar-refractivity contribution in [2.24, 2.45) is 5.73 Å². The van der Waals surface area contributed by atoms with Gasteiger partial charge >= 0.3 is 5.97 Å². The Balaban J connectivity index is 2.00. The molecule has 20 heavy (non-hydrogen) atoms. The number of rotatable bonds is 4. The quantitative estimate of drug-likeness (QED) is 0.597. The molecule has 8 heteroatoms. The van der Waals surface area contributed by atoms with Crippen LogP contribution in [0.1, 0.15) is 10.6 Å². The number of methoxy groups -OCH3 is 1. The number of hydrogen-bond acceptors (Lipinski definition) is 7. The third-order valence-electron chi connectivity index (χ3n) is 3.08. The van der Waals surface area contributed by atoms with E-state index in [1.54, 1.807) is 12.3 Å². The molecule has 0 bridgehead atoms. The Morgan fingerprint density at radius 1 is 1.45 bits per heavy atom. The molecule has 108 valence electrons. The third-order valence-corrected chi connectivity index (χ3v) is 3.21. The standard InChI is InChI=1S/C12H17N5O2S/c1-19-12(18)11-14-3-2-10(15-11)17-6-4-16(5-7-17)8-9(13)20/h2-3H,4-8H2,1H3,(H2,13,20). The summed E-state index contributed by atoms with van der Waals surface area (Å²) in [7, 11) is 1.31. The number of ether oxygens (including phenoxy) is 1. The summed E-state index contributed by atoms with van der Waals surface area (Å²) in [6.07, 6.45) is 1.57. The second-order valence-corrected chi connectivity index (χ2v) is 4.98. The lowest BCUT2D eigenvalue weighted by Gasteiger charge is -2.35. The molecular formula is C12H17N5O2S. The van der Waals surface area contributed by atoms with Crippen molar-refractivity contribution in [3.8, 4) is 0 Å². The molecule has 0 aliphatic carbocycles. The number of esters is 1. The summed E-state index contributed by atoms with van der Waals surface area (Å²) in [5, 5.41) is 0. The number of anilines is 1. The summed E-state index contributed by atoms with van der Waals surface area (Å²) < 4.78 is 4.62. The normalized spacial score (nSPS) is 15.9. The van der Waals surface area contributed by atoms with E-state index in [0.29, 0.717) is 11.5 Å². The Bertz CT molecular complexity index is 502. The number of carbonyl (C=O) groups is 1.